The van der Waals surface area contributed by atoms with E-state index in [0.717, 1.165) is 109 Å². The van der Waals surface area contributed by atoms with Crippen LogP contribution < -0.4 is 0 Å². The van der Waals surface area contributed by atoms with Crippen LogP contribution in [0.3, 0.4) is 0 Å². The van der Waals surface area contributed by atoms with E-state index >= 15 is 0 Å². The number of aliphatic hydroxyl groups is 1. The van der Waals surface area contributed by atoms with Gasteiger partial charge in [-0.15, -0.1) is 0 Å². The van der Waals surface area contributed by atoms with E-state index in [1.165, 1.54) is 238 Å². The Bertz CT molecular complexity index is 1890. The summed E-state index contributed by atoms with van der Waals surface area (Å²) in [6.07, 6.45) is 63.9. The molecule has 0 bridgehead atoms. The van der Waals surface area contributed by atoms with Crippen molar-refractivity contribution in [2.75, 3.05) is 39.6 Å². The highest BCUT2D eigenvalue weighted by atomic mass is 31.2. The predicted molar refractivity (Wildman–Crippen MR) is 405 cm³/mol. The fourth-order valence-electron chi connectivity index (χ4n) is 12.4. The van der Waals surface area contributed by atoms with Gasteiger partial charge < -0.3 is 33.8 Å². The van der Waals surface area contributed by atoms with Crippen LogP contribution in [-0.2, 0) is 65.4 Å². The number of rotatable bonds is 80. The molecule has 3 N–H and O–H groups in total. The summed E-state index contributed by atoms with van der Waals surface area (Å²) in [6.45, 7) is 7.32. The Morgan fingerprint density at radius 2 is 0.465 bits per heavy atom. The van der Waals surface area contributed by atoms with Gasteiger partial charge >= 0.3 is 39.5 Å². The van der Waals surface area contributed by atoms with Gasteiger partial charge in [-0.3, -0.25) is 37.3 Å². The van der Waals surface area contributed by atoms with Crippen LogP contribution in [0.15, 0.2) is 0 Å². The first kappa shape index (κ1) is 97.1. The molecule has 0 saturated heterocycles. The molecule has 0 radical (unpaired) electrons. The molecular formula is C80H156O17P2. The lowest BCUT2D eigenvalue weighted by molar-refractivity contribution is -0.161. The quantitative estimate of drug-likeness (QED) is 0.0222. The van der Waals surface area contributed by atoms with Crippen molar-refractivity contribution in [1.82, 2.24) is 0 Å². The highest BCUT2D eigenvalue weighted by Gasteiger charge is 2.30. The normalized spacial score (nSPS) is 13.9. The summed E-state index contributed by atoms with van der Waals surface area (Å²) in [5.74, 6) is -1.30. The fraction of sp³-hybridized carbons (Fsp3) is 0.950. The molecule has 0 amide bonds. The van der Waals surface area contributed by atoms with Gasteiger partial charge in [-0.05, 0) is 31.6 Å². The topological polar surface area (TPSA) is 237 Å². The fourth-order valence-corrected chi connectivity index (χ4v) is 14.0. The van der Waals surface area contributed by atoms with Crippen molar-refractivity contribution in [2.45, 2.75) is 445 Å². The Labute approximate surface area is 607 Å². The van der Waals surface area contributed by atoms with E-state index in [-0.39, 0.29) is 25.7 Å². The van der Waals surface area contributed by atoms with Gasteiger partial charge in [0.2, 0.25) is 0 Å². The maximum atomic E-state index is 13.1. The second-order valence-corrected chi connectivity index (χ2v) is 32.2. The average Bonchev–Trinajstić information content (AvgIpc) is 0.996. The number of esters is 4. The number of hydrogen-bond acceptors (Lipinski definition) is 15. The third-order valence-electron chi connectivity index (χ3n) is 18.8. The minimum absolute atomic E-state index is 0.108. The Morgan fingerprint density at radius 1 is 0.273 bits per heavy atom. The molecule has 99 heavy (non-hydrogen) atoms. The summed E-state index contributed by atoms with van der Waals surface area (Å²) in [4.78, 5) is 72.9. The van der Waals surface area contributed by atoms with Crippen molar-refractivity contribution in [2.24, 2.45) is 5.92 Å². The van der Waals surface area contributed by atoms with Crippen LogP contribution in [0.5, 0.6) is 0 Å². The summed E-state index contributed by atoms with van der Waals surface area (Å²) in [6, 6.07) is 0. The molecule has 17 nitrogen and oxygen atoms in total. The molecule has 0 rings (SSSR count). The number of ether oxygens (including phenoxy) is 4. The van der Waals surface area contributed by atoms with E-state index in [1.54, 1.807) is 0 Å². The van der Waals surface area contributed by atoms with Gasteiger partial charge in [-0.25, -0.2) is 9.13 Å². The summed E-state index contributed by atoms with van der Waals surface area (Å²) in [5, 5.41) is 10.6. The number of carbonyl (C=O) groups is 4. The van der Waals surface area contributed by atoms with Crippen molar-refractivity contribution < 1.29 is 80.2 Å². The number of hydrogen-bond donors (Lipinski definition) is 3. The van der Waals surface area contributed by atoms with Gasteiger partial charge in [0.1, 0.15) is 19.3 Å². The molecule has 0 saturated carbocycles. The third kappa shape index (κ3) is 74.1. The standard InChI is InChI=1S/C80H156O17P2/c1-6-9-12-15-18-20-22-24-26-28-33-36-40-44-49-54-59-64-78(83)91-70-76(97-80(85)66-61-56-51-46-42-38-34-30-29-31-35-39-43-48-52-57-62-73(4)5)72-95-99(88,89)93-68-74(81)67-92-98(86,87)94-71-75(69-90-77(82)63-58-53-47-17-14-11-8-3)96-79(84)65-60-55-50-45-41-37-32-27-25-23-21-19-16-13-10-7-2/h73-76,81H,6-72H2,1-5H3,(H,86,87)(H,88,89)/t74-,75+,76+/m0/s1. The molecule has 0 aromatic rings. The highest BCUT2D eigenvalue weighted by Crippen LogP contribution is 2.45. The first-order valence-corrected chi connectivity index (χ1v) is 44.6. The van der Waals surface area contributed by atoms with Crippen LogP contribution >= 0.6 is 15.6 Å². The minimum Gasteiger partial charge on any atom is -0.462 e. The molecule has 0 aliphatic heterocycles. The Hall–Kier alpha value is -1.94. The molecule has 19 heteroatoms. The van der Waals surface area contributed by atoms with Crippen molar-refractivity contribution in [3.05, 3.63) is 0 Å². The first-order chi connectivity index (χ1) is 48.0. The third-order valence-corrected chi connectivity index (χ3v) is 20.7. The average molecular weight is 1450 g/mol. The number of carbonyl (C=O) groups excluding carboxylic acids is 4. The summed E-state index contributed by atoms with van der Waals surface area (Å²) in [7, 11) is -9.91. The van der Waals surface area contributed by atoms with Gasteiger partial charge in [0, 0.05) is 25.7 Å². The summed E-state index contributed by atoms with van der Waals surface area (Å²) in [5.41, 5.74) is 0. The lowest BCUT2D eigenvalue weighted by Crippen LogP contribution is -2.30. The van der Waals surface area contributed by atoms with Crippen LogP contribution in [-0.4, -0.2) is 96.7 Å². The Morgan fingerprint density at radius 3 is 0.687 bits per heavy atom. The zero-order valence-corrected chi connectivity index (χ0v) is 66.4. The van der Waals surface area contributed by atoms with Crippen LogP contribution in [0.25, 0.3) is 0 Å². The SMILES string of the molecule is CCCCCCCCCCCCCCCCCCCC(=O)OC[C@H](COP(=O)(O)OC[C@@H](O)COP(=O)(O)OC[C@@H](COC(=O)CCCCCCCCC)OC(=O)CCCCCCCCCCCCCCCCCC)OC(=O)CCCCCCCCCCCCCCCCCCC(C)C. The number of phosphoric acid groups is 2. The Kier molecular flexibility index (Phi) is 71.6. The van der Waals surface area contributed by atoms with E-state index < -0.39 is 97.5 Å². The van der Waals surface area contributed by atoms with Crippen LogP contribution in [0.2, 0.25) is 0 Å². The van der Waals surface area contributed by atoms with Crippen molar-refractivity contribution in [3.63, 3.8) is 0 Å². The molecule has 588 valence electrons. The van der Waals surface area contributed by atoms with E-state index in [0.29, 0.717) is 25.7 Å². The molecule has 0 heterocycles. The Balaban J connectivity index is 5.18. The maximum Gasteiger partial charge on any atom is 0.472 e. The van der Waals surface area contributed by atoms with Crippen LogP contribution in [0.1, 0.15) is 426 Å². The molecule has 2 unspecified atom stereocenters. The molecule has 0 aromatic carbocycles. The molecule has 5 atom stereocenters. The van der Waals surface area contributed by atoms with Gasteiger partial charge in [-0.2, -0.15) is 0 Å². The van der Waals surface area contributed by atoms with Gasteiger partial charge in [0.15, 0.2) is 12.2 Å². The molecule has 0 fully saturated rings. The van der Waals surface area contributed by atoms with Gasteiger partial charge in [0.25, 0.3) is 0 Å². The largest absolute Gasteiger partial charge is 0.472 e. The number of unbranched alkanes of at least 4 members (excludes halogenated alkanes) is 52. The first-order valence-electron chi connectivity index (χ1n) is 41.6. The van der Waals surface area contributed by atoms with E-state index in [2.05, 4.69) is 34.6 Å². The molecule has 0 aliphatic rings. The maximum absolute atomic E-state index is 13.1. The monoisotopic (exact) mass is 1450 g/mol. The summed E-state index contributed by atoms with van der Waals surface area (Å²) < 4.78 is 68.6. The van der Waals surface area contributed by atoms with E-state index in [9.17, 15) is 43.2 Å². The predicted octanol–water partition coefficient (Wildman–Crippen LogP) is 24.0. The van der Waals surface area contributed by atoms with Crippen LogP contribution in [0.4, 0.5) is 0 Å². The second-order valence-electron chi connectivity index (χ2n) is 29.3. The zero-order chi connectivity index (χ0) is 72.7. The van der Waals surface area contributed by atoms with E-state index in [1.807, 2.05) is 0 Å². The van der Waals surface area contributed by atoms with E-state index in [4.69, 9.17) is 37.0 Å². The number of phosphoric ester groups is 2. The molecular weight excluding hydrogens is 1290 g/mol. The van der Waals surface area contributed by atoms with Gasteiger partial charge in [0.05, 0.1) is 26.4 Å². The summed E-state index contributed by atoms with van der Waals surface area (Å²) >= 11 is 0. The van der Waals surface area contributed by atoms with Crippen molar-refractivity contribution >= 4 is 39.5 Å². The highest BCUT2D eigenvalue weighted by molar-refractivity contribution is 7.47. The molecule has 0 spiro atoms. The minimum atomic E-state index is -4.96. The second kappa shape index (κ2) is 73.0. The lowest BCUT2D eigenvalue weighted by Gasteiger charge is -2.21. The smallest absolute Gasteiger partial charge is 0.462 e. The zero-order valence-electron chi connectivity index (χ0n) is 64.6. The van der Waals surface area contributed by atoms with Gasteiger partial charge in [-0.1, -0.05) is 375 Å². The number of aliphatic hydroxyl groups excluding tert-OH is 1. The molecule has 0 aromatic heterocycles. The molecule has 0 aliphatic carbocycles. The lowest BCUT2D eigenvalue weighted by atomic mass is 10.0. The van der Waals surface area contributed by atoms with Crippen molar-refractivity contribution in [1.29, 1.82) is 0 Å². The van der Waals surface area contributed by atoms with Crippen molar-refractivity contribution in [3.8, 4) is 0 Å². The van der Waals surface area contributed by atoms with Crippen LogP contribution in [0, 0.1) is 5.92 Å².